The van der Waals surface area contributed by atoms with E-state index in [1.54, 1.807) is 0 Å². The van der Waals surface area contributed by atoms with Crippen molar-refractivity contribution in [3.63, 3.8) is 0 Å². The summed E-state index contributed by atoms with van der Waals surface area (Å²) in [5, 5.41) is 2.44. The fraction of sp³-hybridized carbons (Fsp3) is 0.182. The summed E-state index contributed by atoms with van der Waals surface area (Å²) in [7, 11) is 0. The van der Waals surface area contributed by atoms with Gasteiger partial charge in [-0.2, -0.15) is 0 Å². The quantitative estimate of drug-likeness (QED) is 0.388. The highest BCUT2D eigenvalue weighted by Gasteiger charge is 2.22. The second-order valence-corrected chi connectivity index (χ2v) is 7.11. The predicted octanol–water partition coefficient (Wildman–Crippen LogP) is 6.55. The largest absolute Gasteiger partial charge is 0.456 e. The van der Waals surface area contributed by atoms with Crippen molar-refractivity contribution in [1.82, 2.24) is 0 Å². The molecule has 0 radical (unpaired) electrons. The first-order valence-corrected chi connectivity index (χ1v) is 8.05. The SMILES string of the molecule is CC(C)(C)c1cc(-c2ccccc2)cc2oc3ccccc3c12. The summed E-state index contributed by atoms with van der Waals surface area (Å²) in [5.41, 5.74) is 5.74. The Morgan fingerprint density at radius 3 is 2.13 bits per heavy atom. The monoisotopic (exact) mass is 300 g/mol. The average Bonchev–Trinajstić information content (AvgIpc) is 2.92. The third-order valence-electron chi connectivity index (χ3n) is 4.39. The zero-order chi connectivity index (χ0) is 16.0. The van der Waals surface area contributed by atoms with E-state index in [2.05, 4.69) is 69.3 Å². The molecular formula is C22H20O. The predicted molar refractivity (Wildman–Crippen MR) is 97.9 cm³/mol. The van der Waals surface area contributed by atoms with Gasteiger partial charge in [0.15, 0.2) is 0 Å². The molecule has 23 heavy (non-hydrogen) atoms. The summed E-state index contributed by atoms with van der Waals surface area (Å²) in [5.74, 6) is 0. The molecule has 1 heteroatoms. The van der Waals surface area contributed by atoms with Crippen LogP contribution in [-0.2, 0) is 5.41 Å². The number of benzene rings is 3. The van der Waals surface area contributed by atoms with E-state index in [0.29, 0.717) is 0 Å². The third-order valence-corrected chi connectivity index (χ3v) is 4.39. The summed E-state index contributed by atoms with van der Waals surface area (Å²) >= 11 is 0. The Balaban J connectivity index is 2.12. The lowest BCUT2D eigenvalue weighted by atomic mass is 9.82. The van der Waals surface area contributed by atoms with Crippen molar-refractivity contribution >= 4 is 21.9 Å². The normalized spacial score (nSPS) is 12.1. The minimum atomic E-state index is 0.0513. The van der Waals surface area contributed by atoms with Gasteiger partial charge in [-0.3, -0.25) is 0 Å². The first-order valence-electron chi connectivity index (χ1n) is 8.05. The van der Waals surface area contributed by atoms with Crippen molar-refractivity contribution < 1.29 is 4.42 Å². The van der Waals surface area contributed by atoms with E-state index in [9.17, 15) is 0 Å². The Kier molecular flexibility index (Phi) is 3.05. The van der Waals surface area contributed by atoms with Crippen molar-refractivity contribution in [2.75, 3.05) is 0 Å². The molecule has 1 nitrogen and oxygen atoms in total. The Morgan fingerprint density at radius 2 is 1.39 bits per heavy atom. The van der Waals surface area contributed by atoms with Gasteiger partial charge in [-0.1, -0.05) is 69.3 Å². The van der Waals surface area contributed by atoms with Gasteiger partial charge < -0.3 is 4.42 Å². The minimum absolute atomic E-state index is 0.0513. The van der Waals surface area contributed by atoms with Crippen molar-refractivity contribution in [3.05, 3.63) is 72.3 Å². The molecule has 0 spiro atoms. The minimum Gasteiger partial charge on any atom is -0.456 e. The van der Waals surface area contributed by atoms with Crippen molar-refractivity contribution in [2.45, 2.75) is 26.2 Å². The third kappa shape index (κ3) is 2.33. The van der Waals surface area contributed by atoms with E-state index < -0.39 is 0 Å². The molecule has 3 aromatic carbocycles. The summed E-state index contributed by atoms with van der Waals surface area (Å²) in [6.07, 6.45) is 0. The van der Waals surface area contributed by atoms with Crippen LogP contribution in [0.15, 0.2) is 71.1 Å². The topological polar surface area (TPSA) is 13.1 Å². The van der Waals surface area contributed by atoms with Gasteiger partial charge in [-0.05, 0) is 40.3 Å². The molecule has 0 aliphatic carbocycles. The average molecular weight is 300 g/mol. The second-order valence-electron chi connectivity index (χ2n) is 7.11. The molecule has 0 N–H and O–H groups in total. The van der Waals surface area contributed by atoms with E-state index in [4.69, 9.17) is 4.42 Å². The molecule has 0 amide bonds. The van der Waals surface area contributed by atoms with Gasteiger partial charge in [0.25, 0.3) is 0 Å². The van der Waals surface area contributed by atoms with Crippen LogP contribution in [0.25, 0.3) is 33.1 Å². The summed E-state index contributed by atoms with van der Waals surface area (Å²) in [6, 6.07) is 23.3. The smallest absolute Gasteiger partial charge is 0.136 e. The number of fused-ring (bicyclic) bond motifs is 3. The van der Waals surface area contributed by atoms with Crippen LogP contribution in [0.1, 0.15) is 26.3 Å². The molecular weight excluding hydrogens is 280 g/mol. The Labute approximate surface area is 136 Å². The molecule has 1 aromatic heterocycles. The van der Waals surface area contributed by atoms with E-state index in [1.165, 1.54) is 27.5 Å². The molecule has 114 valence electrons. The summed E-state index contributed by atoms with van der Waals surface area (Å²) in [4.78, 5) is 0. The summed E-state index contributed by atoms with van der Waals surface area (Å²) in [6.45, 7) is 6.79. The van der Waals surface area contributed by atoms with Gasteiger partial charge in [-0.15, -0.1) is 0 Å². The van der Waals surface area contributed by atoms with Crippen LogP contribution in [0, 0.1) is 0 Å². The first-order chi connectivity index (χ1) is 11.0. The van der Waals surface area contributed by atoms with Gasteiger partial charge in [0.1, 0.15) is 11.2 Å². The maximum Gasteiger partial charge on any atom is 0.136 e. The standard InChI is InChI=1S/C22H20O/c1-22(2,3)18-13-16(15-9-5-4-6-10-15)14-20-21(18)17-11-7-8-12-19(17)23-20/h4-14H,1-3H3. The number of furan rings is 1. The highest BCUT2D eigenvalue weighted by molar-refractivity contribution is 6.08. The van der Waals surface area contributed by atoms with E-state index in [1.807, 2.05) is 18.2 Å². The summed E-state index contributed by atoms with van der Waals surface area (Å²) < 4.78 is 6.15. The number of rotatable bonds is 1. The zero-order valence-corrected chi connectivity index (χ0v) is 13.8. The maximum absolute atomic E-state index is 6.15. The van der Waals surface area contributed by atoms with Crippen LogP contribution in [0.5, 0.6) is 0 Å². The van der Waals surface area contributed by atoms with E-state index >= 15 is 0 Å². The van der Waals surface area contributed by atoms with Crippen LogP contribution in [-0.4, -0.2) is 0 Å². The van der Waals surface area contributed by atoms with Gasteiger partial charge in [-0.25, -0.2) is 0 Å². The molecule has 0 aliphatic rings. The first kappa shape index (κ1) is 14.1. The van der Waals surface area contributed by atoms with Crippen molar-refractivity contribution in [2.24, 2.45) is 0 Å². The second kappa shape index (κ2) is 4.99. The Morgan fingerprint density at radius 1 is 0.696 bits per heavy atom. The van der Waals surface area contributed by atoms with Gasteiger partial charge >= 0.3 is 0 Å². The van der Waals surface area contributed by atoms with Crippen molar-refractivity contribution in [1.29, 1.82) is 0 Å². The molecule has 0 atom stereocenters. The molecule has 1 heterocycles. The van der Waals surface area contributed by atoms with E-state index in [0.717, 1.165) is 11.2 Å². The van der Waals surface area contributed by atoms with Gasteiger partial charge in [0.2, 0.25) is 0 Å². The molecule has 0 bridgehead atoms. The van der Waals surface area contributed by atoms with Gasteiger partial charge in [0.05, 0.1) is 0 Å². The number of hydrogen-bond acceptors (Lipinski definition) is 1. The van der Waals surface area contributed by atoms with Gasteiger partial charge in [0, 0.05) is 10.8 Å². The molecule has 0 fully saturated rings. The van der Waals surface area contributed by atoms with Crippen molar-refractivity contribution in [3.8, 4) is 11.1 Å². The lowest BCUT2D eigenvalue weighted by molar-refractivity contribution is 0.595. The Hall–Kier alpha value is -2.54. The van der Waals surface area contributed by atoms with E-state index in [-0.39, 0.29) is 5.41 Å². The maximum atomic E-state index is 6.15. The van der Waals surface area contributed by atoms with Crippen LogP contribution < -0.4 is 0 Å². The fourth-order valence-electron chi connectivity index (χ4n) is 3.24. The lowest BCUT2D eigenvalue weighted by Crippen LogP contribution is -2.11. The highest BCUT2D eigenvalue weighted by Crippen LogP contribution is 2.39. The molecule has 4 aromatic rings. The van der Waals surface area contributed by atoms with Crippen LogP contribution in [0.4, 0.5) is 0 Å². The van der Waals surface area contributed by atoms with Crippen LogP contribution in [0.2, 0.25) is 0 Å². The van der Waals surface area contributed by atoms with Crippen LogP contribution >= 0.6 is 0 Å². The Bertz CT molecular complexity index is 985. The molecule has 0 saturated heterocycles. The fourth-order valence-corrected chi connectivity index (χ4v) is 3.24. The van der Waals surface area contributed by atoms with Crippen LogP contribution in [0.3, 0.4) is 0 Å². The lowest BCUT2D eigenvalue weighted by Gasteiger charge is -2.21. The number of para-hydroxylation sites is 1. The zero-order valence-electron chi connectivity index (χ0n) is 13.8. The number of hydrogen-bond donors (Lipinski definition) is 0. The molecule has 0 aliphatic heterocycles. The highest BCUT2D eigenvalue weighted by atomic mass is 16.3. The molecule has 0 unspecified atom stereocenters. The molecule has 4 rings (SSSR count). The molecule has 0 saturated carbocycles.